The number of hydrogen-bond donors (Lipinski definition) is 0. The third-order valence-electron chi connectivity index (χ3n) is 7.45. The van der Waals surface area contributed by atoms with Crippen molar-refractivity contribution in [1.82, 2.24) is 5.06 Å². The van der Waals surface area contributed by atoms with Crippen LogP contribution in [0.1, 0.15) is 24.0 Å². The molecule has 3 unspecified atom stereocenters. The highest BCUT2D eigenvalue weighted by molar-refractivity contribution is 6.06. The Morgan fingerprint density at radius 1 is 0.871 bits per heavy atom. The molecule has 1 saturated heterocycles. The Morgan fingerprint density at radius 3 is 1.94 bits per heavy atom. The summed E-state index contributed by atoms with van der Waals surface area (Å²) in [6.07, 6.45) is 2.99. The van der Waals surface area contributed by atoms with E-state index in [1.165, 1.54) is 0 Å². The van der Waals surface area contributed by atoms with Crippen LogP contribution < -0.4 is 0 Å². The van der Waals surface area contributed by atoms with Crippen LogP contribution in [0.15, 0.2) is 60.7 Å². The minimum atomic E-state index is -1.03. The highest BCUT2D eigenvalue weighted by Crippen LogP contribution is 2.55. The lowest BCUT2D eigenvalue weighted by Crippen LogP contribution is -2.36. The maximum Gasteiger partial charge on any atom is 0.533 e. The van der Waals surface area contributed by atoms with Gasteiger partial charge in [-0.15, -0.1) is 0 Å². The van der Waals surface area contributed by atoms with Crippen molar-refractivity contribution in [3.63, 3.8) is 0 Å². The summed E-state index contributed by atoms with van der Waals surface area (Å²) >= 11 is 0. The van der Waals surface area contributed by atoms with Crippen LogP contribution in [0, 0.1) is 29.6 Å². The van der Waals surface area contributed by atoms with Crippen LogP contribution in [0.2, 0.25) is 0 Å². The van der Waals surface area contributed by atoms with Gasteiger partial charge < -0.3 is 4.74 Å². The molecule has 2 bridgehead atoms. The zero-order valence-corrected chi connectivity index (χ0v) is 16.9. The van der Waals surface area contributed by atoms with Crippen molar-refractivity contribution in [3.8, 4) is 11.1 Å². The molecule has 0 aromatic heterocycles. The fraction of sp³-hybridized carbons (Fsp3) is 0.320. The van der Waals surface area contributed by atoms with E-state index in [-0.39, 0.29) is 30.3 Å². The molecule has 6 heteroatoms. The van der Waals surface area contributed by atoms with E-state index >= 15 is 0 Å². The van der Waals surface area contributed by atoms with Gasteiger partial charge in [0, 0.05) is 5.92 Å². The summed E-state index contributed by atoms with van der Waals surface area (Å²) in [6, 6.07) is 16.0. The van der Waals surface area contributed by atoms with Crippen molar-refractivity contribution in [1.29, 1.82) is 0 Å². The van der Waals surface area contributed by atoms with Crippen molar-refractivity contribution >= 4 is 18.0 Å². The van der Waals surface area contributed by atoms with Gasteiger partial charge in [-0.3, -0.25) is 14.4 Å². The molecule has 2 aromatic carbocycles. The second kappa shape index (κ2) is 6.54. The molecule has 1 saturated carbocycles. The number of allylic oxidation sites excluding steroid dienone is 2. The van der Waals surface area contributed by atoms with E-state index in [2.05, 4.69) is 19.1 Å². The van der Waals surface area contributed by atoms with Crippen molar-refractivity contribution in [3.05, 3.63) is 71.8 Å². The topological polar surface area (TPSA) is 72.9 Å². The number of rotatable bonds is 3. The fourth-order valence-corrected chi connectivity index (χ4v) is 6.03. The van der Waals surface area contributed by atoms with Gasteiger partial charge in [0.25, 0.3) is 11.8 Å². The largest absolute Gasteiger partial charge is 0.533 e. The number of ether oxygens (including phenoxy) is 1. The summed E-state index contributed by atoms with van der Waals surface area (Å²) in [5, 5.41) is 0.632. The van der Waals surface area contributed by atoms with Gasteiger partial charge in [0.2, 0.25) is 0 Å². The number of carbonyl (C=O) groups is 3. The Labute approximate surface area is 179 Å². The Bertz CT molecular complexity index is 1080. The first-order valence-corrected chi connectivity index (χ1v) is 10.7. The SMILES string of the molecule is CC1C2C=CC1[C@@H]1C(=O)N(OC(=O)OCC3c4ccccc4-c4ccccc43)C(=O)[C@H]21. The van der Waals surface area contributed by atoms with Crippen LogP contribution in [0.5, 0.6) is 0 Å². The molecule has 4 aliphatic rings. The maximum atomic E-state index is 12.8. The number of imide groups is 1. The van der Waals surface area contributed by atoms with Crippen molar-refractivity contribution in [2.24, 2.45) is 29.6 Å². The number of amides is 2. The van der Waals surface area contributed by atoms with E-state index in [1.54, 1.807) is 0 Å². The molecule has 6 rings (SSSR count). The summed E-state index contributed by atoms with van der Waals surface area (Å²) in [7, 11) is 0. The summed E-state index contributed by atoms with van der Waals surface area (Å²) in [6.45, 7) is 2.13. The molecule has 31 heavy (non-hydrogen) atoms. The maximum absolute atomic E-state index is 12.8. The Hall–Kier alpha value is -3.41. The monoisotopic (exact) mass is 415 g/mol. The lowest BCUT2D eigenvalue weighted by Gasteiger charge is -2.19. The lowest BCUT2D eigenvalue weighted by atomic mass is 9.85. The summed E-state index contributed by atoms with van der Waals surface area (Å²) in [5.41, 5.74) is 4.40. The third kappa shape index (κ3) is 2.48. The molecule has 0 spiro atoms. The van der Waals surface area contributed by atoms with Crippen LogP contribution in [-0.4, -0.2) is 29.6 Å². The molecular weight excluding hydrogens is 394 g/mol. The molecule has 6 nitrogen and oxygen atoms in total. The van der Waals surface area contributed by atoms with Crippen molar-refractivity contribution < 1.29 is 24.0 Å². The van der Waals surface area contributed by atoms with E-state index in [1.807, 2.05) is 48.6 Å². The fourth-order valence-electron chi connectivity index (χ4n) is 6.03. The van der Waals surface area contributed by atoms with Gasteiger partial charge in [-0.25, -0.2) is 4.79 Å². The zero-order chi connectivity index (χ0) is 21.3. The van der Waals surface area contributed by atoms with E-state index in [9.17, 15) is 14.4 Å². The second-order valence-corrected chi connectivity index (χ2v) is 8.80. The molecule has 2 amide bonds. The van der Waals surface area contributed by atoms with Crippen molar-refractivity contribution in [2.45, 2.75) is 12.8 Å². The highest BCUT2D eigenvalue weighted by atomic mass is 16.8. The average Bonchev–Trinajstić information content (AvgIpc) is 3.47. The Balaban J connectivity index is 1.16. The lowest BCUT2D eigenvalue weighted by molar-refractivity contribution is -0.180. The van der Waals surface area contributed by atoms with E-state index in [0.717, 1.165) is 22.3 Å². The van der Waals surface area contributed by atoms with Crippen LogP contribution >= 0.6 is 0 Å². The number of carbonyl (C=O) groups excluding carboxylic acids is 3. The van der Waals surface area contributed by atoms with Gasteiger partial charge in [0.05, 0.1) is 11.8 Å². The average molecular weight is 415 g/mol. The van der Waals surface area contributed by atoms with Crippen LogP contribution in [0.3, 0.4) is 0 Å². The summed E-state index contributed by atoms with van der Waals surface area (Å²) < 4.78 is 5.39. The van der Waals surface area contributed by atoms with Crippen LogP contribution in [0.25, 0.3) is 11.1 Å². The molecule has 2 aromatic rings. The quantitative estimate of drug-likeness (QED) is 0.432. The Kier molecular flexibility index (Phi) is 3.88. The second-order valence-electron chi connectivity index (χ2n) is 8.80. The van der Waals surface area contributed by atoms with E-state index < -0.39 is 29.8 Å². The van der Waals surface area contributed by atoms with Gasteiger partial charge in [-0.05, 0) is 40.0 Å². The molecular formula is C25H21NO5. The summed E-state index contributed by atoms with van der Waals surface area (Å²) in [4.78, 5) is 43.1. The first kappa shape index (κ1) is 18.4. The predicted octanol–water partition coefficient (Wildman–Crippen LogP) is 3.92. The van der Waals surface area contributed by atoms with Crippen LogP contribution in [-0.2, 0) is 19.2 Å². The predicted molar refractivity (Wildman–Crippen MR) is 110 cm³/mol. The summed E-state index contributed by atoms with van der Waals surface area (Å²) in [5.74, 6) is -1.54. The number of fused-ring (bicyclic) bond motifs is 8. The number of hydrogen-bond acceptors (Lipinski definition) is 5. The molecule has 0 N–H and O–H groups in total. The molecule has 1 aliphatic heterocycles. The Morgan fingerprint density at radius 2 is 1.39 bits per heavy atom. The van der Waals surface area contributed by atoms with Gasteiger partial charge >= 0.3 is 6.16 Å². The normalized spacial score (nSPS) is 29.8. The standard InChI is InChI=1S/C25H21NO5/c1-13-14-10-11-15(13)22-21(14)23(27)26(24(22)28)31-25(29)30-12-20-18-8-4-2-6-16(18)17-7-3-5-9-19(17)20/h2-11,13-15,20-22H,12H2,1H3/t13?,14?,15?,21-,22+. The minimum absolute atomic E-state index is 0.0302. The first-order valence-electron chi connectivity index (χ1n) is 10.7. The van der Waals surface area contributed by atoms with E-state index in [0.29, 0.717) is 5.06 Å². The third-order valence-corrected chi connectivity index (χ3v) is 7.45. The van der Waals surface area contributed by atoms with Gasteiger partial charge in [0.1, 0.15) is 6.61 Å². The van der Waals surface area contributed by atoms with Crippen molar-refractivity contribution in [2.75, 3.05) is 6.61 Å². The molecule has 156 valence electrons. The van der Waals surface area contributed by atoms with Gasteiger partial charge in [-0.1, -0.05) is 72.7 Å². The first-order chi connectivity index (χ1) is 15.1. The van der Waals surface area contributed by atoms with Gasteiger partial charge in [-0.2, -0.15) is 0 Å². The smallest absolute Gasteiger partial charge is 0.432 e. The molecule has 5 atom stereocenters. The molecule has 2 fully saturated rings. The minimum Gasteiger partial charge on any atom is -0.432 e. The van der Waals surface area contributed by atoms with Crippen LogP contribution in [0.4, 0.5) is 4.79 Å². The number of benzene rings is 2. The number of nitrogens with zero attached hydrogens (tertiary/aromatic N) is 1. The molecule has 1 heterocycles. The molecule has 0 radical (unpaired) electrons. The zero-order valence-electron chi connectivity index (χ0n) is 16.9. The highest BCUT2D eigenvalue weighted by Gasteiger charge is 2.63. The number of hydroxylamine groups is 2. The molecule has 3 aliphatic carbocycles. The van der Waals surface area contributed by atoms with E-state index in [4.69, 9.17) is 9.57 Å². The van der Waals surface area contributed by atoms with Gasteiger partial charge in [0.15, 0.2) is 0 Å².